The van der Waals surface area contributed by atoms with Gasteiger partial charge in [0.25, 0.3) is 0 Å². The summed E-state index contributed by atoms with van der Waals surface area (Å²) in [5.41, 5.74) is 2.87. The van der Waals surface area contributed by atoms with E-state index in [1.807, 2.05) is 0 Å². The summed E-state index contributed by atoms with van der Waals surface area (Å²) in [6, 6.07) is 29.0. The quantitative estimate of drug-likeness (QED) is 0.422. The van der Waals surface area contributed by atoms with Gasteiger partial charge >= 0.3 is 181 Å². The standard InChI is InChI=1S/C12H19N2.2C6H5.BrH.Sn/c1-13(2)9-11-6-5-7-12(8-11)10-14(3)4;2*1-2-4-6-5-3-1;;/h5-7H,9-10H2,1-4H3;2*1-5H;1H;/q;;;;+1/p-1. The molecule has 0 aromatic heterocycles. The Kier molecular flexibility index (Phi) is 7.37. The summed E-state index contributed by atoms with van der Waals surface area (Å²) in [4.78, 5) is 4.54. The molecule has 3 aromatic rings. The number of rotatable bonds is 7. The van der Waals surface area contributed by atoms with Gasteiger partial charge in [0.15, 0.2) is 0 Å². The monoisotopic (exact) mass is 544 g/mol. The van der Waals surface area contributed by atoms with Crippen molar-refractivity contribution in [3.05, 3.63) is 90.0 Å². The van der Waals surface area contributed by atoms with Crippen LogP contribution in [0.5, 0.6) is 0 Å². The van der Waals surface area contributed by atoms with Crippen LogP contribution in [0.4, 0.5) is 0 Å². The fourth-order valence-electron chi connectivity index (χ4n) is 3.83. The Labute approximate surface area is 179 Å². The molecule has 0 N–H and O–H groups in total. The predicted molar refractivity (Wildman–Crippen MR) is 128 cm³/mol. The molecule has 3 aromatic carbocycles. The van der Waals surface area contributed by atoms with Crippen LogP contribution in [-0.2, 0) is 13.1 Å². The molecule has 0 saturated heterocycles. The molecule has 0 radical (unpaired) electrons. The Morgan fingerprint density at radius 2 is 1.00 bits per heavy atom. The zero-order valence-corrected chi connectivity index (χ0v) is 21.6. The van der Waals surface area contributed by atoms with E-state index >= 15 is 0 Å². The van der Waals surface area contributed by atoms with Gasteiger partial charge in [-0.1, -0.05) is 0 Å². The minimum atomic E-state index is -3.33. The van der Waals surface area contributed by atoms with Crippen molar-refractivity contribution < 1.29 is 0 Å². The summed E-state index contributed by atoms with van der Waals surface area (Å²) in [5.74, 6) is 0. The number of hydrogen-bond donors (Lipinski definition) is 0. The number of hydrogen-bond acceptors (Lipinski definition) is 2. The van der Waals surface area contributed by atoms with Crippen molar-refractivity contribution in [2.75, 3.05) is 28.2 Å². The summed E-state index contributed by atoms with van der Waals surface area (Å²) < 4.78 is 4.46. The van der Waals surface area contributed by atoms with Gasteiger partial charge in [0.05, 0.1) is 0 Å². The van der Waals surface area contributed by atoms with E-state index in [-0.39, 0.29) is 0 Å². The van der Waals surface area contributed by atoms with Crippen LogP contribution in [0.2, 0.25) is 0 Å². The molecule has 4 heteroatoms. The summed E-state index contributed by atoms with van der Waals surface area (Å²) in [6.07, 6.45) is 0. The van der Waals surface area contributed by atoms with E-state index in [4.69, 9.17) is 0 Å². The second-order valence-electron chi connectivity index (χ2n) is 7.82. The molecule has 146 valence electrons. The molecular weight excluding hydrogens is 515 g/mol. The first-order valence-corrected chi connectivity index (χ1v) is 20.3. The zero-order chi connectivity index (χ0) is 20.1. The van der Waals surface area contributed by atoms with Crippen LogP contribution in [0.25, 0.3) is 0 Å². The van der Waals surface area contributed by atoms with Gasteiger partial charge in [-0.05, 0) is 0 Å². The first-order chi connectivity index (χ1) is 13.4. The Balaban J connectivity index is 2.34. The molecule has 0 aliphatic heterocycles. The molecule has 0 heterocycles. The van der Waals surface area contributed by atoms with Crippen LogP contribution >= 0.6 is 12.7 Å². The number of nitrogens with zero attached hydrogens (tertiary/aromatic N) is 2. The van der Waals surface area contributed by atoms with Gasteiger partial charge in [-0.3, -0.25) is 0 Å². The fraction of sp³-hybridized carbons (Fsp3) is 0.250. The van der Waals surface area contributed by atoms with Crippen molar-refractivity contribution >= 4 is 39.6 Å². The van der Waals surface area contributed by atoms with E-state index in [2.05, 4.69) is 130 Å². The Morgan fingerprint density at radius 1 is 0.607 bits per heavy atom. The van der Waals surface area contributed by atoms with Crippen LogP contribution in [0, 0.1) is 0 Å². The molecule has 0 saturated carbocycles. The van der Waals surface area contributed by atoms with Crippen LogP contribution in [0.15, 0.2) is 78.9 Å². The van der Waals surface area contributed by atoms with Gasteiger partial charge < -0.3 is 0 Å². The summed E-state index contributed by atoms with van der Waals surface area (Å²) in [7, 11) is 8.61. The molecular formula is C24H29BrN2Sn. The van der Waals surface area contributed by atoms with Gasteiger partial charge in [-0.15, -0.1) is 0 Å². The maximum absolute atomic E-state index is 4.46. The minimum absolute atomic E-state index is 0.945. The molecule has 0 aliphatic rings. The van der Waals surface area contributed by atoms with Crippen LogP contribution in [-0.4, -0.2) is 54.1 Å². The SMILES string of the molecule is CN(C)Cc1cccc(CN(C)C)[c]1[Sn]([Br])([c]1ccccc1)[c]1ccccc1. The molecule has 3 rings (SSSR count). The van der Waals surface area contributed by atoms with Crippen molar-refractivity contribution in [3.8, 4) is 0 Å². The van der Waals surface area contributed by atoms with Gasteiger partial charge in [0.1, 0.15) is 0 Å². The molecule has 0 atom stereocenters. The van der Waals surface area contributed by atoms with Crippen molar-refractivity contribution in [1.82, 2.24) is 9.80 Å². The Bertz CT molecular complexity index is 827. The fourth-order valence-corrected chi connectivity index (χ4v) is 20.6. The van der Waals surface area contributed by atoms with E-state index in [0.717, 1.165) is 13.1 Å². The Morgan fingerprint density at radius 3 is 1.36 bits per heavy atom. The molecule has 28 heavy (non-hydrogen) atoms. The van der Waals surface area contributed by atoms with Crippen LogP contribution in [0.1, 0.15) is 11.1 Å². The second kappa shape index (κ2) is 9.57. The third-order valence-electron chi connectivity index (χ3n) is 4.90. The number of benzene rings is 3. The first kappa shape index (κ1) is 21.6. The molecule has 2 nitrogen and oxygen atoms in total. The molecule has 0 unspecified atom stereocenters. The van der Waals surface area contributed by atoms with E-state index < -0.39 is 16.2 Å². The van der Waals surface area contributed by atoms with Gasteiger partial charge in [0, 0.05) is 0 Å². The second-order valence-corrected chi connectivity index (χ2v) is 24.3. The molecule has 0 bridgehead atoms. The van der Waals surface area contributed by atoms with Crippen LogP contribution < -0.4 is 10.7 Å². The maximum atomic E-state index is 4.46. The molecule has 0 spiro atoms. The predicted octanol–water partition coefficient (Wildman–Crippen LogP) is 3.17. The van der Waals surface area contributed by atoms with Gasteiger partial charge in [-0.25, -0.2) is 0 Å². The molecule has 0 amide bonds. The van der Waals surface area contributed by atoms with Crippen molar-refractivity contribution in [1.29, 1.82) is 0 Å². The Hall–Kier alpha value is -1.14. The zero-order valence-electron chi connectivity index (χ0n) is 17.2. The van der Waals surface area contributed by atoms with Gasteiger partial charge in [0.2, 0.25) is 0 Å². The van der Waals surface area contributed by atoms with Crippen molar-refractivity contribution in [2.24, 2.45) is 0 Å². The van der Waals surface area contributed by atoms with Crippen molar-refractivity contribution in [3.63, 3.8) is 0 Å². The molecule has 0 aliphatic carbocycles. The van der Waals surface area contributed by atoms with E-state index in [9.17, 15) is 0 Å². The summed E-state index contributed by atoms with van der Waals surface area (Å²) in [5, 5.41) is 0. The van der Waals surface area contributed by atoms with E-state index in [1.54, 1.807) is 3.58 Å². The average Bonchev–Trinajstić information content (AvgIpc) is 2.68. The van der Waals surface area contributed by atoms with E-state index in [1.165, 1.54) is 18.3 Å². The van der Waals surface area contributed by atoms with E-state index in [0.29, 0.717) is 0 Å². The first-order valence-electron chi connectivity index (χ1n) is 9.63. The summed E-state index contributed by atoms with van der Waals surface area (Å²) >= 11 is 1.13. The third-order valence-corrected chi connectivity index (χ3v) is 23.9. The summed E-state index contributed by atoms with van der Waals surface area (Å²) in [6.45, 7) is 1.89. The van der Waals surface area contributed by atoms with Crippen molar-refractivity contribution in [2.45, 2.75) is 13.1 Å². The average molecular weight is 544 g/mol. The topological polar surface area (TPSA) is 6.48 Å². The number of halogens is 1. The van der Waals surface area contributed by atoms with Crippen LogP contribution in [0.3, 0.4) is 0 Å². The normalized spacial score (nSPS) is 12.0. The molecule has 0 fully saturated rings. The van der Waals surface area contributed by atoms with Gasteiger partial charge in [-0.2, -0.15) is 0 Å². The third kappa shape index (κ3) is 4.70.